The van der Waals surface area contributed by atoms with Crippen LogP contribution in [0.5, 0.6) is 5.75 Å². The summed E-state index contributed by atoms with van der Waals surface area (Å²) in [5.74, 6) is -3.02. The van der Waals surface area contributed by atoms with Gasteiger partial charge in [-0.05, 0) is 50.6 Å². The van der Waals surface area contributed by atoms with Crippen LogP contribution in [0.25, 0.3) is 11.8 Å². The van der Waals surface area contributed by atoms with Gasteiger partial charge in [0.1, 0.15) is 17.7 Å². The molecule has 2 unspecified atom stereocenters. The van der Waals surface area contributed by atoms with Crippen LogP contribution in [0.1, 0.15) is 31.5 Å². The highest BCUT2D eigenvalue weighted by molar-refractivity contribution is 6.04. The first-order valence-electron chi connectivity index (χ1n) is 11.7. The second kappa shape index (κ2) is 9.93. The smallest absolute Gasteiger partial charge is 0.269 e. The topological polar surface area (TPSA) is 72.1 Å². The van der Waals surface area contributed by atoms with Gasteiger partial charge in [0.2, 0.25) is 0 Å². The molecule has 10 heteroatoms. The normalized spacial score (nSPS) is 23.1. The van der Waals surface area contributed by atoms with Crippen molar-refractivity contribution in [2.45, 2.75) is 44.9 Å². The second-order valence-corrected chi connectivity index (χ2v) is 9.05. The van der Waals surface area contributed by atoms with Gasteiger partial charge in [-0.2, -0.15) is 0 Å². The Balaban J connectivity index is 1.73. The molecule has 196 valence electrons. The van der Waals surface area contributed by atoms with E-state index in [-0.39, 0.29) is 17.0 Å². The van der Waals surface area contributed by atoms with Crippen LogP contribution in [0.4, 0.5) is 13.2 Å². The molecular formula is C27H29F3N4O3. The Labute approximate surface area is 213 Å². The lowest BCUT2D eigenvalue weighted by Crippen LogP contribution is -2.61. The van der Waals surface area contributed by atoms with Crippen LogP contribution in [0.2, 0.25) is 0 Å². The molecule has 2 aliphatic rings. The number of aryl methyl sites for hydroxylation is 1. The molecule has 1 saturated heterocycles. The van der Waals surface area contributed by atoms with E-state index in [4.69, 9.17) is 9.57 Å². The SMILES string of the molecule is C=C(C=CC(F)=CC)C1(C(C)O)ON=C2C(=Cc3ccc(-n4cnc(C)c4)c(OC)c3)CC(F)(F)CN21. The maximum Gasteiger partial charge on any atom is 0.269 e. The molecule has 37 heavy (non-hydrogen) atoms. The fraction of sp³-hybridized carbons (Fsp3) is 0.333. The Bertz CT molecular complexity index is 1330. The van der Waals surface area contributed by atoms with Crippen LogP contribution in [-0.4, -0.2) is 56.8 Å². The van der Waals surface area contributed by atoms with Crippen LogP contribution in [0.15, 0.2) is 77.7 Å². The fourth-order valence-electron chi connectivity index (χ4n) is 4.50. The first kappa shape index (κ1) is 26.3. The zero-order valence-electron chi connectivity index (χ0n) is 21.1. The third kappa shape index (κ3) is 4.93. The number of alkyl halides is 2. The number of hydrogen-bond acceptors (Lipinski definition) is 6. The van der Waals surface area contributed by atoms with Crippen molar-refractivity contribution in [2.24, 2.45) is 5.16 Å². The monoisotopic (exact) mass is 514 g/mol. The highest BCUT2D eigenvalue weighted by Crippen LogP contribution is 2.44. The predicted octanol–water partition coefficient (Wildman–Crippen LogP) is 5.32. The number of halogens is 3. The Hall–Kier alpha value is -3.79. The van der Waals surface area contributed by atoms with Gasteiger partial charge in [0, 0.05) is 23.8 Å². The van der Waals surface area contributed by atoms with E-state index in [9.17, 15) is 9.50 Å². The summed E-state index contributed by atoms with van der Waals surface area (Å²) in [4.78, 5) is 11.1. The van der Waals surface area contributed by atoms with E-state index in [1.807, 2.05) is 17.7 Å². The van der Waals surface area contributed by atoms with Crippen molar-refractivity contribution in [3.63, 3.8) is 0 Å². The van der Waals surface area contributed by atoms with Gasteiger partial charge in [0.25, 0.3) is 11.6 Å². The maximum atomic E-state index is 15.0. The summed E-state index contributed by atoms with van der Waals surface area (Å²) in [6.45, 7) is 7.90. The van der Waals surface area contributed by atoms with Crippen LogP contribution in [0, 0.1) is 6.92 Å². The molecule has 0 aliphatic carbocycles. The van der Waals surface area contributed by atoms with Crippen molar-refractivity contribution in [2.75, 3.05) is 13.7 Å². The molecule has 2 atom stereocenters. The Kier molecular flexibility index (Phi) is 7.05. The number of imidazole rings is 1. The van der Waals surface area contributed by atoms with E-state index >= 15 is 8.78 Å². The van der Waals surface area contributed by atoms with Crippen LogP contribution >= 0.6 is 0 Å². The maximum absolute atomic E-state index is 15.0. The van der Waals surface area contributed by atoms with Gasteiger partial charge in [-0.15, -0.1) is 0 Å². The summed E-state index contributed by atoms with van der Waals surface area (Å²) in [6.07, 6.45) is 6.85. The van der Waals surface area contributed by atoms with E-state index in [0.29, 0.717) is 11.3 Å². The minimum Gasteiger partial charge on any atom is -0.495 e. The Morgan fingerprint density at radius 1 is 1.32 bits per heavy atom. The number of rotatable bonds is 7. The summed E-state index contributed by atoms with van der Waals surface area (Å²) in [7, 11) is 1.53. The minimum atomic E-state index is -3.16. The average molecular weight is 515 g/mol. The van der Waals surface area contributed by atoms with Gasteiger partial charge in [-0.25, -0.2) is 18.2 Å². The molecule has 1 fully saturated rings. The number of ether oxygens (including phenoxy) is 1. The van der Waals surface area contributed by atoms with Gasteiger partial charge >= 0.3 is 0 Å². The predicted molar refractivity (Wildman–Crippen MR) is 135 cm³/mol. The number of nitrogens with zero attached hydrogens (tertiary/aromatic N) is 4. The van der Waals surface area contributed by atoms with E-state index in [1.165, 1.54) is 38.0 Å². The van der Waals surface area contributed by atoms with Crippen LogP contribution < -0.4 is 4.74 Å². The van der Waals surface area contributed by atoms with Crippen molar-refractivity contribution in [3.05, 3.63) is 83.8 Å². The Morgan fingerprint density at radius 2 is 2.08 bits per heavy atom. The summed E-state index contributed by atoms with van der Waals surface area (Å²) >= 11 is 0. The van der Waals surface area contributed by atoms with Crippen molar-refractivity contribution in [1.29, 1.82) is 0 Å². The average Bonchev–Trinajstić information content (AvgIpc) is 3.45. The summed E-state index contributed by atoms with van der Waals surface area (Å²) < 4.78 is 51.1. The molecule has 0 bridgehead atoms. The summed E-state index contributed by atoms with van der Waals surface area (Å²) in [6, 6.07) is 5.31. The van der Waals surface area contributed by atoms with Crippen molar-refractivity contribution < 1.29 is 27.9 Å². The van der Waals surface area contributed by atoms with Crippen molar-refractivity contribution in [3.8, 4) is 11.4 Å². The molecule has 1 aromatic carbocycles. The highest BCUT2D eigenvalue weighted by atomic mass is 19.3. The standard InChI is InChI=1S/C27H29F3N4O3/c1-6-22(28)9-7-17(2)27(19(4)35)34-15-26(29,30)13-21(25(34)32-37-27)11-20-8-10-23(24(12-20)36-5)33-14-18(3)31-16-33/h6-12,14,16,19,35H,2,13,15H2,1,3-5H3. The van der Waals surface area contributed by atoms with Gasteiger partial charge in [0.05, 0.1) is 31.4 Å². The number of hydrogen-bond donors (Lipinski definition) is 1. The van der Waals surface area contributed by atoms with Gasteiger partial charge in [0.15, 0.2) is 5.84 Å². The molecule has 1 N–H and O–H groups in total. The summed E-state index contributed by atoms with van der Waals surface area (Å²) in [5.41, 5.74) is 0.663. The van der Waals surface area contributed by atoms with Gasteiger partial charge < -0.3 is 24.1 Å². The number of oxime groups is 1. The van der Waals surface area contributed by atoms with Crippen LogP contribution in [-0.2, 0) is 4.84 Å². The lowest BCUT2D eigenvalue weighted by Gasteiger charge is -2.44. The number of allylic oxidation sites excluding steroid dienone is 3. The number of aliphatic hydroxyl groups excluding tert-OH is 1. The lowest BCUT2D eigenvalue weighted by molar-refractivity contribution is -0.157. The largest absolute Gasteiger partial charge is 0.495 e. The molecule has 1 aromatic heterocycles. The molecule has 0 saturated carbocycles. The molecule has 0 radical (unpaired) electrons. The highest BCUT2D eigenvalue weighted by Gasteiger charge is 2.58. The molecular weight excluding hydrogens is 485 g/mol. The summed E-state index contributed by atoms with van der Waals surface area (Å²) in [5, 5.41) is 14.7. The minimum absolute atomic E-state index is 0.0805. The molecule has 2 aromatic rings. The third-order valence-electron chi connectivity index (χ3n) is 6.33. The first-order valence-corrected chi connectivity index (χ1v) is 11.7. The second-order valence-electron chi connectivity index (χ2n) is 9.05. The number of methoxy groups -OCH3 is 1. The quantitative estimate of drug-likeness (QED) is 0.507. The van der Waals surface area contributed by atoms with Gasteiger partial charge in [-0.3, -0.25) is 0 Å². The zero-order valence-corrected chi connectivity index (χ0v) is 21.1. The lowest BCUT2D eigenvalue weighted by atomic mass is 9.90. The van der Waals surface area contributed by atoms with Crippen LogP contribution in [0.3, 0.4) is 0 Å². The van der Waals surface area contributed by atoms with E-state index in [1.54, 1.807) is 30.6 Å². The Morgan fingerprint density at radius 3 is 2.70 bits per heavy atom. The van der Waals surface area contributed by atoms with E-state index in [2.05, 4.69) is 16.7 Å². The number of piperidine rings is 1. The van der Waals surface area contributed by atoms with E-state index < -0.39 is 36.5 Å². The van der Waals surface area contributed by atoms with E-state index in [0.717, 1.165) is 17.5 Å². The molecule has 0 amide bonds. The number of aromatic nitrogens is 2. The van der Waals surface area contributed by atoms with Gasteiger partial charge in [-0.1, -0.05) is 30.0 Å². The molecule has 2 aliphatic heterocycles. The number of aliphatic hydroxyl groups is 1. The number of fused-ring (bicyclic) bond motifs is 1. The molecule has 4 rings (SSSR count). The fourth-order valence-corrected chi connectivity index (χ4v) is 4.50. The zero-order chi connectivity index (χ0) is 27.0. The molecule has 0 spiro atoms. The number of benzene rings is 1. The number of amidine groups is 1. The third-order valence-corrected chi connectivity index (χ3v) is 6.33. The first-order chi connectivity index (χ1) is 17.5. The van der Waals surface area contributed by atoms with Crippen molar-refractivity contribution >= 4 is 11.9 Å². The molecule has 3 heterocycles. The molecule has 7 nitrogen and oxygen atoms in total. The van der Waals surface area contributed by atoms with Crippen molar-refractivity contribution in [1.82, 2.24) is 14.5 Å².